The summed E-state index contributed by atoms with van der Waals surface area (Å²) in [5, 5.41) is 7.35. The van der Waals surface area contributed by atoms with E-state index in [1.807, 2.05) is 73.7 Å². The number of carbonyl (C=O) groups is 4. The highest BCUT2D eigenvalue weighted by Gasteiger charge is 2.43. The Kier molecular flexibility index (Phi) is 13.6. The molecule has 20 heteroatoms. The Morgan fingerprint density at radius 1 is 0.833 bits per heavy atom. The second-order valence-corrected chi connectivity index (χ2v) is 20.8. The molecule has 8 atom stereocenters. The molecule has 0 saturated carbocycles. The van der Waals surface area contributed by atoms with Crippen molar-refractivity contribution in [2.45, 2.75) is 122 Å². The number of H-pyrrole nitrogens is 2. The lowest BCUT2D eigenvalue weighted by atomic mass is 9.85. The van der Waals surface area contributed by atoms with Crippen LogP contribution < -0.4 is 15.4 Å². The summed E-state index contributed by atoms with van der Waals surface area (Å²) in [6.45, 7) is 10.8. The number of thiazole rings is 1. The summed E-state index contributed by atoms with van der Waals surface area (Å²) in [4.78, 5) is 78.5. The fourth-order valence-corrected chi connectivity index (χ4v) is 12.1. The quantitative estimate of drug-likeness (QED) is 0.0910. The second kappa shape index (κ2) is 20.0. The molecule has 3 fully saturated rings. The van der Waals surface area contributed by atoms with Gasteiger partial charge in [0.2, 0.25) is 18.0 Å². The fraction of sp³-hybridized carbons (Fsp3) is 0.481. The number of halogens is 1. The van der Waals surface area contributed by atoms with Crippen LogP contribution in [-0.4, -0.2) is 115 Å². The van der Waals surface area contributed by atoms with Crippen molar-refractivity contribution in [1.82, 2.24) is 49.9 Å². The predicted molar refractivity (Wildman–Crippen MR) is 266 cm³/mol. The molecule has 2 aromatic carbocycles. The van der Waals surface area contributed by atoms with E-state index in [-0.39, 0.29) is 47.9 Å². The fourth-order valence-electron chi connectivity index (χ4n) is 11.2. The van der Waals surface area contributed by atoms with Gasteiger partial charge in [-0.15, -0.1) is 11.3 Å². The van der Waals surface area contributed by atoms with Gasteiger partial charge in [-0.05, 0) is 101 Å². The molecule has 0 spiro atoms. The second-order valence-electron chi connectivity index (χ2n) is 19.7. The summed E-state index contributed by atoms with van der Waals surface area (Å²) in [6.07, 6.45) is 8.10. The number of ether oxygens (including phenoxy) is 4. The number of likely N-dealkylation sites (tertiary alicyclic amines) is 2. The lowest BCUT2D eigenvalue weighted by molar-refractivity contribution is -0.138. The Hall–Kier alpha value is -6.80. The van der Waals surface area contributed by atoms with Crippen molar-refractivity contribution < 1.29 is 42.5 Å². The average molecular weight is 1010 g/mol. The lowest BCUT2D eigenvalue weighted by Crippen LogP contribution is -2.54. The van der Waals surface area contributed by atoms with Crippen molar-refractivity contribution in [3.63, 3.8) is 0 Å². The molecule has 380 valence electrons. The van der Waals surface area contributed by atoms with E-state index in [0.717, 1.165) is 51.3 Å². The number of nitrogens with zero attached hydrogens (tertiary/aromatic N) is 6. The van der Waals surface area contributed by atoms with Gasteiger partial charge in [-0.2, -0.15) is 0 Å². The number of aromatic nitrogens is 6. The highest BCUT2D eigenvalue weighted by Crippen LogP contribution is 2.48. The summed E-state index contributed by atoms with van der Waals surface area (Å²) < 4.78 is 41.5. The van der Waals surface area contributed by atoms with Crippen LogP contribution in [-0.2, 0) is 30.2 Å². The van der Waals surface area contributed by atoms with Gasteiger partial charge in [0, 0.05) is 35.8 Å². The molecule has 6 aromatic rings. The molecule has 4 N–H and O–H groups in total. The zero-order valence-electron chi connectivity index (χ0n) is 41.5. The van der Waals surface area contributed by atoms with Crippen LogP contribution in [0.25, 0.3) is 44.7 Å². The van der Waals surface area contributed by atoms with Crippen LogP contribution in [0.5, 0.6) is 5.75 Å². The maximum Gasteiger partial charge on any atom is 0.407 e. The summed E-state index contributed by atoms with van der Waals surface area (Å²) in [5.74, 6) is 0.408. The van der Waals surface area contributed by atoms with Crippen LogP contribution in [0, 0.1) is 17.7 Å². The highest BCUT2D eigenvalue weighted by molar-refractivity contribution is 7.11. The van der Waals surface area contributed by atoms with Crippen LogP contribution in [0.1, 0.15) is 113 Å². The van der Waals surface area contributed by atoms with Crippen molar-refractivity contribution in [3.05, 3.63) is 82.3 Å². The number of aryl methyl sites for hydroxylation is 1. The van der Waals surface area contributed by atoms with Gasteiger partial charge in [-0.3, -0.25) is 14.2 Å². The molecule has 0 bridgehead atoms. The largest absolute Gasteiger partial charge is 0.464 e. The molecule has 4 unspecified atom stereocenters. The van der Waals surface area contributed by atoms with E-state index in [9.17, 15) is 19.2 Å². The van der Waals surface area contributed by atoms with Crippen LogP contribution in [0.15, 0.2) is 55.0 Å². The minimum absolute atomic E-state index is 0.0532. The first-order chi connectivity index (χ1) is 34.7. The highest BCUT2D eigenvalue weighted by atomic mass is 32.1. The van der Waals surface area contributed by atoms with E-state index in [2.05, 4.69) is 32.5 Å². The van der Waals surface area contributed by atoms with E-state index >= 15 is 4.39 Å². The first-order valence-corrected chi connectivity index (χ1v) is 25.7. The third-order valence-electron chi connectivity index (χ3n) is 14.6. The summed E-state index contributed by atoms with van der Waals surface area (Å²) in [6, 6.07) is 9.10. The standard InChI is InChI=1S/C52H61FN10O8S/c1-8-42-54-25-41(72-42)50-63-36-14-13-29(34-23-55-46(57-34)38-12-10-16-62(38)49(65)45(60-52(67)69-7)32-17-27(4)70-28(5)18-32)19-31(36)21-39(63)43-33(53)20-30(22-40(43)71-50)35-24-56-47(58-35)37-11-9-15-61(37)48(64)44(26(2)3)59-51(66)68-6/h13-14,19-28,32,37-38,44-45,50H,8-12,15-18H2,1-7H3,(H,55,57)(H,56,58)(H,59,66)(H,60,67)/t27-,28+,32?,37?,38-,44-,45?,50?/m0/s1. The Morgan fingerprint density at radius 3 is 2.10 bits per heavy atom. The van der Waals surface area contributed by atoms with Crippen molar-refractivity contribution in [2.75, 3.05) is 27.3 Å². The summed E-state index contributed by atoms with van der Waals surface area (Å²) in [7, 11) is 2.56. The molecule has 4 aromatic heterocycles. The van der Waals surface area contributed by atoms with Crippen molar-refractivity contribution in [3.8, 4) is 39.5 Å². The number of benzene rings is 2. The first-order valence-electron chi connectivity index (χ1n) is 24.9. The van der Waals surface area contributed by atoms with Crippen molar-refractivity contribution in [1.29, 1.82) is 0 Å². The zero-order valence-corrected chi connectivity index (χ0v) is 42.3. The topological polar surface area (TPSA) is 211 Å². The van der Waals surface area contributed by atoms with Gasteiger partial charge in [0.15, 0.2) is 0 Å². The number of imidazole rings is 2. The molecule has 10 rings (SSSR count). The number of hydrogen-bond donors (Lipinski definition) is 4. The SMILES string of the molecule is CCc1ncc(C2Oc3cc(-c4cnc(C5CCCN5C(=O)[C@@H](NC(=O)OC)C(C)C)[nH]4)cc(F)c3-c3cc4cc(-c5cnc([C@@H]6CCCN6C(=O)C(NC(=O)OC)C6C[C@@H](C)O[C@@H](C)C6)[nH]5)ccc4n32)s1. The molecule has 0 radical (unpaired) electrons. The van der Waals surface area contributed by atoms with Gasteiger partial charge < -0.3 is 49.3 Å². The monoisotopic (exact) mass is 1000 g/mol. The Morgan fingerprint density at radius 2 is 1.47 bits per heavy atom. The van der Waals surface area contributed by atoms with Crippen molar-refractivity contribution in [2.24, 2.45) is 11.8 Å². The number of carbonyl (C=O) groups excluding carboxylic acids is 4. The number of aromatic amines is 2. The molecule has 3 saturated heterocycles. The number of alkyl carbamates (subject to hydrolysis) is 2. The third-order valence-corrected chi connectivity index (χ3v) is 15.7. The molecule has 4 aliphatic heterocycles. The van der Waals surface area contributed by atoms with E-state index in [4.69, 9.17) is 28.9 Å². The Balaban J connectivity index is 0.945. The molecule has 0 aliphatic carbocycles. The number of methoxy groups -OCH3 is 2. The molecule has 72 heavy (non-hydrogen) atoms. The molecular formula is C52H61FN10O8S. The zero-order chi connectivity index (χ0) is 50.5. The normalized spacial score (nSPS) is 22.6. The summed E-state index contributed by atoms with van der Waals surface area (Å²) in [5.41, 5.74) is 4.49. The lowest BCUT2D eigenvalue weighted by Gasteiger charge is -2.38. The first kappa shape index (κ1) is 48.8. The Bertz CT molecular complexity index is 3010. The van der Waals surface area contributed by atoms with Gasteiger partial charge >= 0.3 is 12.2 Å². The van der Waals surface area contributed by atoms with Gasteiger partial charge in [-0.25, -0.2) is 28.9 Å². The van der Waals surface area contributed by atoms with Crippen molar-refractivity contribution >= 4 is 46.2 Å². The minimum atomic E-state index is -0.777. The van der Waals surface area contributed by atoms with Gasteiger partial charge in [-0.1, -0.05) is 26.8 Å². The van der Waals surface area contributed by atoms with Crippen LogP contribution >= 0.6 is 11.3 Å². The maximum absolute atomic E-state index is 16.9. The number of nitrogens with one attached hydrogen (secondary N) is 4. The predicted octanol–water partition coefficient (Wildman–Crippen LogP) is 8.82. The van der Waals surface area contributed by atoms with Crippen LogP contribution in [0.2, 0.25) is 0 Å². The smallest absolute Gasteiger partial charge is 0.407 e. The maximum atomic E-state index is 16.9. The van der Waals surface area contributed by atoms with Gasteiger partial charge in [0.25, 0.3) is 0 Å². The number of hydrogen-bond acceptors (Lipinski definition) is 12. The number of rotatable bonds is 12. The van der Waals surface area contributed by atoms with Gasteiger partial charge in [0.05, 0.1) is 89.0 Å². The van der Waals surface area contributed by atoms with Crippen LogP contribution in [0.3, 0.4) is 0 Å². The van der Waals surface area contributed by atoms with E-state index in [1.165, 1.54) is 20.3 Å². The number of fused-ring (bicyclic) bond motifs is 5. The molecular weight excluding hydrogens is 944 g/mol. The van der Waals surface area contributed by atoms with E-state index in [0.29, 0.717) is 78.7 Å². The average Bonchev–Trinajstić information content (AvgIpc) is 4.23. The minimum Gasteiger partial charge on any atom is -0.464 e. The van der Waals surface area contributed by atoms with E-state index in [1.54, 1.807) is 28.6 Å². The molecule has 4 amide bonds. The third kappa shape index (κ3) is 9.18. The molecule has 18 nitrogen and oxygen atoms in total. The molecule has 4 aliphatic rings. The van der Waals surface area contributed by atoms with Gasteiger partial charge in [0.1, 0.15) is 35.3 Å². The number of amides is 4. The molecule has 8 heterocycles. The Labute approximate surface area is 420 Å². The van der Waals surface area contributed by atoms with E-state index < -0.39 is 36.3 Å². The van der Waals surface area contributed by atoms with Crippen LogP contribution in [0.4, 0.5) is 14.0 Å². The summed E-state index contributed by atoms with van der Waals surface area (Å²) >= 11 is 1.55.